The van der Waals surface area contributed by atoms with Crippen LogP contribution >= 0.6 is 0 Å². The van der Waals surface area contributed by atoms with Crippen molar-refractivity contribution in [3.8, 4) is 5.75 Å². The van der Waals surface area contributed by atoms with E-state index >= 15 is 0 Å². The summed E-state index contributed by atoms with van der Waals surface area (Å²) < 4.78 is 21.6. The maximum Gasteiger partial charge on any atom is 0.306 e. The van der Waals surface area contributed by atoms with Crippen molar-refractivity contribution in [2.24, 2.45) is 0 Å². The minimum absolute atomic E-state index is 0.175. The molecule has 0 saturated heterocycles. The van der Waals surface area contributed by atoms with E-state index in [4.69, 9.17) is 4.74 Å². The predicted molar refractivity (Wildman–Crippen MR) is 75.8 cm³/mol. The van der Waals surface area contributed by atoms with Crippen LogP contribution in [0.2, 0.25) is 0 Å². The molecule has 0 aliphatic carbocycles. The number of carbonyl (C=O) groups is 1. The van der Waals surface area contributed by atoms with Gasteiger partial charge in [-0.15, -0.1) is 0 Å². The van der Waals surface area contributed by atoms with Gasteiger partial charge in [0, 0.05) is 21.8 Å². The summed E-state index contributed by atoms with van der Waals surface area (Å²) in [5, 5.41) is -0.175. The maximum absolute atomic E-state index is 12.0. The van der Waals surface area contributed by atoms with E-state index in [1.165, 1.54) is 7.11 Å². The summed E-state index contributed by atoms with van der Waals surface area (Å²) >= 11 is 0. The highest BCUT2D eigenvalue weighted by molar-refractivity contribution is 7.85. The summed E-state index contributed by atoms with van der Waals surface area (Å²) in [6.45, 7) is 1.81. The second-order valence-corrected chi connectivity index (χ2v) is 6.25. The molecule has 0 aliphatic rings. The van der Waals surface area contributed by atoms with Gasteiger partial charge in [0.05, 0.1) is 20.6 Å². The number of esters is 1. The van der Waals surface area contributed by atoms with Gasteiger partial charge in [-0.1, -0.05) is 19.1 Å². The van der Waals surface area contributed by atoms with Gasteiger partial charge in [-0.2, -0.15) is 0 Å². The molecule has 0 fully saturated rings. The van der Waals surface area contributed by atoms with Crippen LogP contribution in [0.5, 0.6) is 5.75 Å². The Hall–Kier alpha value is -1.36. The zero-order valence-corrected chi connectivity index (χ0v) is 12.4. The predicted octanol–water partition coefficient (Wildman–Crippen LogP) is 1.94. The standard InChI is InChI=1S/C14H20O4S/c1-11(10-14(15)18-3)19(16)9-8-12-4-6-13(17-2)7-5-12/h4-7,11H,8-10H2,1-3H3. The molecule has 0 bridgehead atoms. The van der Waals surface area contributed by atoms with Crippen LogP contribution in [0.3, 0.4) is 0 Å². The Kier molecular flexibility index (Phi) is 6.56. The molecule has 0 aromatic heterocycles. The van der Waals surface area contributed by atoms with E-state index in [1.54, 1.807) is 14.0 Å². The van der Waals surface area contributed by atoms with Gasteiger partial charge in [-0.05, 0) is 24.1 Å². The molecule has 2 atom stereocenters. The number of aryl methyl sites for hydroxylation is 1. The second kappa shape index (κ2) is 7.94. The second-order valence-electron chi connectivity index (χ2n) is 4.27. The first kappa shape index (κ1) is 15.7. The SMILES string of the molecule is COC(=O)CC(C)S(=O)CCc1ccc(OC)cc1. The zero-order valence-electron chi connectivity index (χ0n) is 11.5. The van der Waals surface area contributed by atoms with E-state index in [9.17, 15) is 9.00 Å². The van der Waals surface area contributed by atoms with Crippen LogP contribution in [-0.4, -0.2) is 35.4 Å². The van der Waals surface area contributed by atoms with E-state index in [1.807, 2.05) is 24.3 Å². The lowest BCUT2D eigenvalue weighted by Gasteiger charge is -2.10. The molecule has 5 heteroatoms. The Bertz CT molecular complexity index is 428. The molecule has 0 N–H and O–H groups in total. The number of hydrogen-bond donors (Lipinski definition) is 0. The molecule has 106 valence electrons. The first-order valence-electron chi connectivity index (χ1n) is 6.13. The van der Waals surface area contributed by atoms with Gasteiger partial charge >= 0.3 is 5.97 Å². The van der Waals surface area contributed by atoms with Gasteiger partial charge in [-0.25, -0.2) is 0 Å². The molecule has 19 heavy (non-hydrogen) atoms. The number of hydrogen-bond acceptors (Lipinski definition) is 4. The number of rotatable bonds is 7. The summed E-state index contributed by atoms with van der Waals surface area (Å²) in [4.78, 5) is 11.1. The van der Waals surface area contributed by atoms with Crippen LogP contribution in [-0.2, 0) is 26.8 Å². The van der Waals surface area contributed by atoms with Crippen LogP contribution in [0, 0.1) is 0 Å². The molecule has 0 aliphatic heterocycles. The monoisotopic (exact) mass is 284 g/mol. The van der Waals surface area contributed by atoms with Gasteiger partial charge in [-0.3, -0.25) is 9.00 Å². The third-order valence-electron chi connectivity index (χ3n) is 2.88. The molecule has 0 saturated carbocycles. The molecule has 0 radical (unpaired) electrons. The Morgan fingerprint density at radius 2 is 1.89 bits per heavy atom. The number of ether oxygens (including phenoxy) is 2. The molecule has 0 spiro atoms. The van der Waals surface area contributed by atoms with Crippen molar-refractivity contribution in [2.45, 2.75) is 25.0 Å². The van der Waals surface area contributed by atoms with Crippen LogP contribution in [0.25, 0.3) is 0 Å². The quantitative estimate of drug-likeness (QED) is 0.718. The first-order valence-corrected chi connectivity index (χ1v) is 7.52. The number of benzene rings is 1. The average molecular weight is 284 g/mol. The fraction of sp³-hybridized carbons (Fsp3) is 0.500. The number of carbonyl (C=O) groups excluding carboxylic acids is 1. The Balaban J connectivity index is 2.42. The van der Waals surface area contributed by atoms with Crippen molar-refractivity contribution in [2.75, 3.05) is 20.0 Å². The van der Waals surface area contributed by atoms with Gasteiger partial charge in [0.1, 0.15) is 5.75 Å². The third-order valence-corrected chi connectivity index (χ3v) is 4.55. The number of methoxy groups -OCH3 is 2. The van der Waals surface area contributed by atoms with E-state index in [-0.39, 0.29) is 17.6 Å². The van der Waals surface area contributed by atoms with Crippen molar-refractivity contribution in [1.82, 2.24) is 0 Å². The highest BCUT2D eigenvalue weighted by atomic mass is 32.2. The van der Waals surface area contributed by atoms with Crippen molar-refractivity contribution in [3.63, 3.8) is 0 Å². The lowest BCUT2D eigenvalue weighted by Crippen LogP contribution is -2.20. The molecule has 1 rings (SSSR count). The minimum atomic E-state index is -1.03. The highest BCUT2D eigenvalue weighted by Crippen LogP contribution is 2.13. The topological polar surface area (TPSA) is 52.6 Å². The van der Waals surface area contributed by atoms with E-state index < -0.39 is 10.8 Å². The largest absolute Gasteiger partial charge is 0.497 e. The summed E-state index contributed by atoms with van der Waals surface area (Å²) in [5.74, 6) is 1.04. The van der Waals surface area contributed by atoms with Gasteiger partial charge in [0.15, 0.2) is 0 Å². The maximum atomic E-state index is 12.0. The molecule has 0 amide bonds. The van der Waals surface area contributed by atoms with Crippen LogP contribution in [0.15, 0.2) is 24.3 Å². The van der Waals surface area contributed by atoms with E-state index in [0.29, 0.717) is 5.75 Å². The summed E-state index contributed by atoms with van der Waals surface area (Å²) in [6.07, 6.45) is 0.924. The molecule has 1 aromatic rings. The fourth-order valence-corrected chi connectivity index (χ4v) is 2.78. The molecular weight excluding hydrogens is 264 g/mol. The summed E-state index contributed by atoms with van der Waals surface area (Å²) in [5.41, 5.74) is 1.11. The average Bonchev–Trinajstić information content (AvgIpc) is 2.44. The van der Waals surface area contributed by atoms with Gasteiger partial charge in [0.25, 0.3) is 0 Å². The molecular formula is C14H20O4S. The van der Waals surface area contributed by atoms with Crippen molar-refractivity contribution in [3.05, 3.63) is 29.8 Å². The molecule has 4 nitrogen and oxygen atoms in total. The highest BCUT2D eigenvalue weighted by Gasteiger charge is 2.15. The first-order chi connectivity index (χ1) is 9.06. The molecule has 0 heterocycles. The Labute approximate surface area is 116 Å². The zero-order chi connectivity index (χ0) is 14.3. The Morgan fingerprint density at radius 3 is 2.42 bits per heavy atom. The van der Waals surface area contributed by atoms with E-state index in [0.717, 1.165) is 17.7 Å². The van der Waals surface area contributed by atoms with Crippen LogP contribution < -0.4 is 4.74 Å². The van der Waals surface area contributed by atoms with Crippen molar-refractivity contribution in [1.29, 1.82) is 0 Å². The molecule has 2 unspecified atom stereocenters. The van der Waals surface area contributed by atoms with Crippen molar-refractivity contribution < 1.29 is 18.5 Å². The summed E-state index contributed by atoms with van der Waals surface area (Å²) in [6, 6.07) is 7.69. The van der Waals surface area contributed by atoms with Gasteiger partial charge in [0.2, 0.25) is 0 Å². The smallest absolute Gasteiger partial charge is 0.306 e. The normalized spacial score (nSPS) is 13.6. The van der Waals surface area contributed by atoms with Crippen molar-refractivity contribution >= 4 is 16.8 Å². The van der Waals surface area contributed by atoms with E-state index in [2.05, 4.69) is 4.74 Å². The lowest BCUT2D eigenvalue weighted by atomic mass is 10.2. The Morgan fingerprint density at radius 1 is 1.26 bits per heavy atom. The van der Waals surface area contributed by atoms with Crippen LogP contribution in [0.1, 0.15) is 18.9 Å². The minimum Gasteiger partial charge on any atom is -0.497 e. The lowest BCUT2D eigenvalue weighted by molar-refractivity contribution is -0.140. The third kappa shape index (κ3) is 5.42. The van der Waals surface area contributed by atoms with Gasteiger partial charge < -0.3 is 9.47 Å². The molecule has 1 aromatic carbocycles. The summed E-state index contributed by atoms with van der Waals surface area (Å²) in [7, 11) is 1.94. The fourth-order valence-electron chi connectivity index (χ4n) is 1.62. The van der Waals surface area contributed by atoms with Crippen LogP contribution in [0.4, 0.5) is 0 Å².